The second kappa shape index (κ2) is 6.64. The number of halogens is 1. The first-order valence-electron chi connectivity index (χ1n) is 6.75. The SMILES string of the molecule is CC(O)C1CCN(CC(=O)c2ccc(Br)cc2)CC1. The molecular formula is C15H20BrNO2. The smallest absolute Gasteiger partial charge is 0.176 e. The number of Topliss-reactive ketones (excluding diaryl/α,β-unsaturated/α-hetero) is 1. The molecule has 0 radical (unpaired) electrons. The maximum atomic E-state index is 12.1. The monoisotopic (exact) mass is 325 g/mol. The highest BCUT2D eigenvalue weighted by Gasteiger charge is 2.23. The van der Waals surface area contributed by atoms with E-state index in [0.717, 1.165) is 36.0 Å². The molecular weight excluding hydrogens is 306 g/mol. The van der Waals surface area contributed by atoms with Gasteiger partial charge in [-0.15, -0.1) is 0 Å². The molecule has 1 aromatic carbocycles. The minimum Gasteiger partial charge on any atom is -0.393 e. The summed E-state index contributed by atoms with van der Waals surface area (Å²) in [6, 6.07) is 7.50. The second-order valence-corrected chi connectivity index (χ2v) is 6.20. The summed E-state index contributed by atoms with van der Waals surface area (Å²) in [6.45, 7) is 4.14. The Kier molecular flexibility index (Phi) is 5.13. The fourth-order valence-corrected chi connectivity index (χ4v) is 2.79. The van der Waals surface area contributed by atoms with Gasteiger partial charge in [0.15, 0.2) is 5.78 Å². The highest BCUT2D eigenvalue weighted by atomic mass is 79.9. The van der Waals surface area contributed by atoms with E-state index < -0.39 is 0 Å². The van der Waals surface area contributed by atoms with Crippen LogP contribution in [-0.2, 0) is 0 Å². The maximum Gasteiger partial charge on any atom is 0.176 e. The Balaban J connectivity index is 1.85. The van der Waals surface area contributed by atoms with Gasteiger partial charge in [-0.3, -0.25) is 9.69 Å². The van der Waals surface area contributed by atoms with Crippen LogP contribution in [0.25, 0.3) is 0 Å². The molecule has 1 aliphatic heterocycles. The van der Waals surface area contributed by atoms with Crippen LogP contribution in [0, 0.1) is 5.92 Å². The van der Waals surface area contributed by atoms with Crippen molar-refractivity contribution in [2.24, 2.45) is 5.92 Å². The van der Waals surface area contributed by atoms with Gasteiger partial charge in [0.05, 0.1) is 12.6 Å². The second-order valence-electron chi connectivity index (χ2n) is 5.28. The lowest BCUT2D eigenvalue weighted by Crippen LogP contribution is -2.39. The molecule has 2 rings (SSSR count). The van der Waals surface area contributed by atoms with E-state index in [-0.39, 0.29) is 11.9 Å². The molecule has 1 saturated heterocycles. The summed E-state index contributed by atoms with van der Waals surface area (Å²) < 4.78 is 0.988. The molecule has 0 aromatic heterocycles. The third-order valence-corrected chi connectivity index (χ3v) is 4.38. The van der Waals surface area contributed by atoms with E-state index in [4.69, 9.17) is 0 Å². The zero-order chi connectivity index (χ0) is 13.8. The van der Waals surface area contributed by atoms with E-state index >= 15 is 0 Å². The number of likely N-dealkylation sites (tertiary alicyclic amines) is 1. The van der Waals surface area contributed by atoms with E-state index in [2.05, 4.69) is 20.8 Å². The van der Waals surface area contributed by atoms with Gasteiger partial charge < -0.3 is 5.11 Å². The third kappa shape index (κ3) is 4.13. The number of carbonyl (C=O) groups excluding carboxylic acids is 1. The number of ketones is 1. The first-order valence-corrected chi connectivity index (χ1v) is 7.55. The van der Waals surface area contributed by atoms with Gasteiger partial charge in [-0.2, -0.15) is 0 Å². The van der Waals surface area contributed by atoms with Crippen molar-refractivity contribution < 1.29 is 9.90 Å². The summed E-state index contributed by atoms with van der Waals surface area (Å²) in [5.74, 6) is 0.557. The van der Waals surface area contributed by atoms with Crippen molar-refractivity contribution in [1.29, 1.82) is 0 Å². The van der Waals surface area contributed by atoms with Crippen molar-refractivity contribution in [2.75, 3.05) is 19.6 Å². The zero-order valence-corrected chi connectivity index (χ0v) is 12.8. The fraction of sp³-hybridized carbons (Fsp3) is 0.533. The molecule has 1 fully saturated rings. The van der Waals surface area contributed by atoms with Crippen molar-refractivity contribution in [2.45, 2.75) is 25.9 Å². The molecule has 4 heteroatoms. The fourth-order valence-electron chi connectivity index (χ4n) is 2.52. The average Bonchev–Trinajstić information content (AvgIpc) is 2.40. The molecule has 1 atom stereocenters. The van der Waals surface area contributed by atoms with Gasteiger partial charge in [0.1, 0.15) is 0 Å². The highest BCUT2D eigenvalue weighted by molar-refractivity contribution is 9.10. The minimum atomic E-state index is -0.232. The molecule has 1 N–H and O–H groups in total. The number of rotatable bonds is 4. The average molecular weight is 326 g/mol. The lowest BCUT2D eigenvalue weighted by atomic mass is 9.92. The number of benzene rings is 1. The van der Waals surface area contributed by atoms with Gasteiger partial charge in [0.25, 0.3) is 0 Å². The van der Waals surface area contributed by atoms with Gasteiger partial charge in [0, 0.05) is 10.0 Å². The largest absolute Gasteiger partial charge is 0.393 e. The summed E-state index contributed by atoms with van der Waals surface area (Å²) in [6.07, 6.45) is 1.72. The number of carbonyl (C=O) groups is 1. The zero-order valence-electron chi connectivity index (χ0n) is 11.2. The van der Waals surface area contributed by atoms with Crippen molar-refractivity contribution >= 4 is 21.7 Å². The van der Waals surface area contributed by atoms with Crippen LogP contribution in [0.2, 0.25) is 0 Å². The van der Waals surface area contributed by atoms with Crippen LogP contribution in [-0.4, -0.2) is 41.5 Å². The summed E-state index contributed by atoms with van der Waals surface area (Å²) in [5, 5.41) is 9.56. The van der Waals surface area contributed by atoms with E-state index in [1.165, 1.54) is 0 Å². The van der Waals surface area contributed by atoms with E-state index in [9.17, 15) is 9.90 Å². The number of hydrogen-bond acceptors (Lipinski definition) is 3. The van der Waals surface area contributed by atoms with Crippen molar-refractivity contribution in [3.05, 3.63) is 34.3 Å². The molecule has 0 bridgehead atoms. The van der Waals surface area contributed by atoms with Gasteiger partial charge in [-0.1, -0.05) is 28.1 Å². The predicted molar refractivity (Wildman–Crippen MR) is 79.3 cm³/mol. The van der Waals surface area contributed by atoms with Gasteiger partial charge in [0.2, 0.25) is 0 Å². The minimum absolute atomic E-state index is 0.169. The first-order chi connectivity index (χ1) is 9.06. The number of nitrogens with zero attached hydrogens (tertiary/aromatic N) is 1. The Labute approximate surface area is 122 Å². The Morgan fingerprint density at radius 1 is 1.37 bits per heavy atom. The van der Waals surface area contributed by atoms with Crippen LogP contribution in [0.5, 0.6) is 0 Å². The normalized spacial score (nSPS) is 19.3. The van der Waals surface area contributed by atoms with Gasteiger partial charge >= 0.3 is 0 Å². The lowest BCUT2D eigenvalue weighted by Gasteiger charge is -2.32. The van der Waals surface area contributed by atoms with Crippen LogP contribution in [0.15, 0.2) is 28.7 Å². The predicted octanol–water partition coefficient (Wildman–Crippen LogP) is 2.72. The quantitative estimate of drug-likeness (QED) is 0.865. The molecule has 19 heavy (non-hydrogen) atoms. The molecule has 104 valence electrons. The summed E-state index contributed by atoms with van der Waals surface area (Å²) in [5.41, 5.74) is 0.765. The maximum absolute atomic E-state index is 12.1. The summed E-state index contributed by atoms with van der Waals surface area (Å²) >= 11 is 3.37. The molecule has 1 unspecified atom stereocenters. The topological polar surface area (TPSA) is 40.5 Å². The highest BCUT2D eigenvalue weighted by Crippen LogP contribution is 2.20. The van der Waals surface area contributed by atoms with E-state index in [1.807, 2.05) is 31.2 Å². The molecule has 0 amide bonds. The van der Waals surface area contributed by atoms with Gasteiger partial charge in [-0.25, -0.2) is 0 Å². The van der Waals surface area contributed by atoms with Crippen LogP contribution in [0.1, 0.15) is 30.1 Å². The Hall–Kier alpha value is -0.710. The van der Waals surface area contributed by atoms with Crippen molar-refractivity contribution in [3.8, 4) is 0 Å². The number of piperidine rings is 1. The number of aliphatic hydroxyl groups is 1. The molecule has 3 nitrogen and oxygen atoms in total. The van der Waals surface area contributed by atoms with Crippen molar-refractivity contribution in [1.82, 2.24) is 4.90 Å². The molecule has 0 spiro atoms. The molecule has 0 saturated carbocycles. The first kappa shape index (κ1) is 14.7. The van der Waals surface area contributed by atoms with Crippen molar-refractivity contribution in [3.63, 3.8) is 0 Å². The van der Waals surface area contributed by atoms with Gasteiger partial charge in [-0.05, 0) is 50.9 Å². The van der Waals surface area contributed by atoms with E-state index in [1.54, 1.807) is 0 Å². The van der Waals surface area contributed by atoms with Crippen LogP contribution in [0.4, 0.5) is 0 Å². The lowest BCUT2D eigenvalue weighted by molar-refractivity contribution is 0.0664. The standard InChI is InChI=1S/C15H20BrNO2/c1-11(18)12-6-8-17(9-7-12)10-15(19)13-2-4-14(16)5-3-13/h2-5,11-12,18H,6-10H2,1H3. The third-order valence-electron chi connectivity index (χ3n) is 3.85. The Morgan fingerprint density at radius 3 is 2.47 bits per heavy atom. The number of aliphatic hydroxyl groups excluding tert-OH is 1. The molecule has 1 aliphatic rings. The van der Waals surface area contributed by atoms with Crippen LogP contribution >= 0.6 is 15.9 Å². The molecule has 0 aliphatic carbocycles. The Bertz CT molecular complexity index is 422. The van der Waals surface area contributed by atoms with E-state index in [0.29, 0.717) is 12.5 Å². The summed E-state index contributed by atoms with van der Waals surface area (Å²) in [4.78, 5) is 14.3. The molecule has 1 aromatic rings. The van der Waals surface area contributed by atoms with Crippen LogP contribution < -0.4 is 0 Å². The van der Waals surface area contributed by atoms with Crippen LogP contribution in [0.3, 0.4) is 0 Å². The number of hydrogen-bond donors (Lipinski definition) is 1. The summed E-state index contributed by atoms with van der Waals surface area (Å²) in [7, 11) is 0. The molecule has 1 heterocycles. The Morgan fingerprint density at radius 2 is 1.95 bits per heavy atom.